The van der Waals surface area contributed by atoms with Crippen LogP contribution in [0.1, 0.15) is 25.5 Å². The van der Waals surface area contributed by atoms with Crippen molar-refractivity contribution in [3.63, 3.8) is 0 Å². The van der Waals surface area contributed by atoms with Crippen LogP contribution in [0, 0.1) is 0 Å². The molecule has 0 saturated carbocycles. The number of benzene rings is 1. The number of nitrogens with zero attached hydrogens (tertiary/aromatic N) is 1. The molecule has 0 radical (unpaired) electrons. The van der Waals surface area contributed by atoms with Gasteiger partial charge in [-0.2, -0.15) is 0 Å². The average molecular weight is 280 g/mol. The highest BCUT2D eigenvalue weighted by Crippen LogP contribution is 2.27. The van der Waals surface area contributed by atoms with Crippen molar-refractivity contribution in [3.8, 4) is 0 Å². The average Bonchev–Trinajstić information content (AvgIpc) is 2.47. The summed E-state index contributed by atoms with van der Waals surface area (Å²) in [6.45, 7) is 6.62. The number of anilines is 1. The maximum atomic E-state index is 5.31. The van der Waals surface area contributed by atoms with Gasteiger partial charge in [0.1, 0.15) is 0 Å². The molecule has 1 aromatic carbocycles. The lowest BCUT2D eigenvalue weighted by Crippen LogP contribution is -2.39. The van der Waals surface area contributed by atoms with Crippen molar-refractivity contribution >= 4 is 5.69 Å². The first-order valence-corrected chi connectivity index (χ1v) is 7.16. The van der Waals surface area contributed by atoms with E-state index in [0.717, 1.165) is 6.54 Å². The second-order valence-electron chi connectivity index (χ2n) is 5.06. The van der Waals surface area contributed by atoms with E-state index in [-0.39, 0.29) is 0 Å². The van der Waals surface area contributed by atoms with Gasteiger partial charge in [-0.3, -0.25) is 0 Å². The molecule has 114 valence electrons. The Morgan fingerprint density at radius 3 is 2.45 bits per heavy atom. The first kappa shape index (κ1) is 17.0. The fourth-order valence-electron chi connectivity index (χ4n) is 2.37. The van der Waals surface area contributed by atoms with Gasteiger partial charge in [0.2, 0.25) is 0 Å². The van der Waals surface area contributed by atoms with Crippen molar-refractivity contribution < 1.29 is 9.47 Å². The summed E-state index contributed by atoms with van der Waals surface area (Å²) in [5, 5.41) is 3.31. The van der Waals surface area contributed by atoms with Crippen LogP contribution in [0.25, 0.3) is 0 Å². The minimum absolute atomic E-state index is 0.306. The fraction of sp³-hybridized carbons (Fsp3) is 0.625. The van der Waals surface area contributed by atoms with Crippen LogP contribution in [-0.2, 0) is 9.47 Å². The monoisotopic (exact) mass is 280 g/mol. The molecule has 0 aliphatic rings. The molecule has 2 atom stereocenters. The lowest BCUT2D eigenvalue weighted by atomic mass is 10.0. The number of methoxy groups -OCH3 is 2. The Morgan fingerprint density at radius 2 is 1.85 bits per heavy atom. The number of hydrogen-bond acceptors (Lipinski definition) is 4. The molecule has 4 heteroatoms. The number of ether oxygens (including phenoxy) is 2. The molecule has 0 aliphatic heterocycles. The molecule has 0 fully saturated rings. The van der Waals surface area contributed by atoms with Crippen LogP contribution >= 0.6 is 0 Å². The van der Waals surface area contributed by atoms with Gasteiger partial charge in [0, 0.05) is 38.5 Å². The summed E-state index contributed by atoms with van der Waals surface area (Å²) < 4.78 is 10.6. The van der Waals surface area contributed by atoms with Crippen molar-refractivity contribution in [3.05, 3.63) is 29.8 Å². The molecule has 0 aliphatic carbocycles. The van der Waals surface area contributed by atoms with E-state index < -0.39 is 0 Å². The minimum atomic E-state index is 0.306. The Balaban J connectivity index is 3.05. The van der Waals surface area contributed by atoms with Crippen LogP contribution < -0.4 is 10.2 Å². The molecule has 20 heavy (non-hydrogen) atoms. The number of nitrogens with one attached hydrogen (secondary N) is 1. The molecule has 4 nitrogen and oxygen atoms in total. The van der Waals surface area contributed by atoms with Gasteiger partial charge in [0.15, 0.2) is 0 Å². The Morgan fingerprint density at radius 1 is 1.15 bits per heavy atom. The molecule has 2 unspecified atom stereocenters. The van der Waals surface area contributed by atoms with Crippen molar-refractivity contribution in [1.29, 1.82) is 0 Å². The van der Waals surface area contributed by atoms with E-state index in [1.165, 1.54) is 11.3 Å². The molecule has 0 aromatic heterocycles. The summed E-state index contributed by atoms with van der Waals surface area (Å²) in [5.41, 5.74) is 2.55. The second-order valence-corrected chi connectivity index (χ2v) is 5.06. The highest BCUT2D eigenvalue weighted by molar-refractivity contribution is 5.55. The smallest absolute Gasteiger partial charge is 0.0663 e. The topological polar surface area (TPSA) is 33.7 Å². The van der Waals surface area contributed by atoms with Gasteiger partial charge in [-0.25, -0.2) is 0 Å². The summed E-state index contributed by atoms with van der Waals surface area (Å²) in [5.74, 6) is 0. The van der Waals surface area contributed by atoms with Gasteiger partial charge in [-0.15, -0.1) is 0 Å². The Hall–Kier alpha value is -1.10. The van der Waals surface area contributed by atoms with Gasteiger partial charge in [-0.1, -0.05) is 18.2 Å². The van der Waals surface area contributed by atoms with Crippen molar-refractivity contribution in [2.45, 2.75) is 25.9 Å². The number of hydrogen-bond donors (Lipinski definition) is 1. The van der Waals surface area contributed by atoms with Crippen LogP contribution in [0.4, 0.5) is 5.69 Å². The first-order valence-electron chi connectivity index (χ1n) is 7.16. The largest absolute Gasteiger partial charge is 0.383 e. The van der Waals surface area contributed by atoms with E-state index in [1.807, 2.05) is 7.05 Å². The zero-order valence-corrected chi connectivity index (χ0v) is 13.3. The lowest BCUT2D eigenvalue weighted by molar-refractivity contribution is 0.171. The second kappa shape index (κ2) is 8.95. The van der Waals surface area contributed by atoms with Crippen LogP contribution in [0.5, 0.6) is 0 Å². The van der Waals surface area contributed by atoms with Gasteiger partial charge in [-0.05, 0) is 32.5 Å². The molecular weight excluding hydrogens is 252 g/mol. The van der Waals surface area contributed by atoms with E-state index in [2.05, 4.69) is 48.3 Å². The SMILES string of the molecule is CNC(C)c1ccccc1N(CCOC)C(C)COC. The normalized spacial score (nSPS) is 14.1. The standard InChI is InChI=1S/C16H28N2O2/c1-13(12-20-5)18(10-11-19-4)16-9-7-6-8-15(16)14(2)17-3/h6-9,13-14,17H,10-12H2,1-5H3. The molecule has 1 aromatic rings. The van der Waals surface area contributed by atoms with E-state index >= 15 is 0 Å². The number of rotatable bonds is 9. The van der Waals surface area contributed by atoms with E-state index in [4.69, 9.17) is 9.47 Å². The lowest BCUT2D eigenvalue weighted by Gasteiger charge is -2.33. The third kappa shape index (κ3) is 4.47. The first-order chi connectivity index (χ1) is 9.65. The Bertz CT molecular complexity index is 384. The molecule has 0 heterocycles. The zero-order valence-electron chi connectivity index (χ0n) is 13.3. The van der Waals surface area contributed by atoms with Crippen LogP contribution in [0.15, 0.2) is 24.3 Å². The van der Waals surface area contributed by atoms with Crippen molar-refractivity contribution in [2.24, 2.45) is 0 Å². The summed E-state index contributed by atoms with van der Waals surface area (Å²) in [4.78, 5) is 2.36. The van der Waals surface area contributed by atoms with Gasteiger partial charge >= 0.3 is 0 Å². The quantitative estimate of drug-likeness (QED) is 0.753. The van der Waals surface area contributed by atoms with E-state index in [1.54, 1.807) is 14.2 Å². The predicted octanol–water partition coefficient (Wildman–Crippen LogP) is 2.45. The highest BCUT2D eigenvalue weighted by Gasteiger charge is 2.19. The molecule has 1 N–H and O–H groups in total. The van der Waals surface area contributed by atoms with Crippen LogP contribution in [-0.4, -0.2) is 47.1 Å². The molecule has 1 rings (SSSR count). The minimum Gasteiger partial charge on any atom is -0.383 e. The molecular formula is C16H28N2O2. The van der Waals surface area contributed by atoms with E-state index in [9.17, 15) is 0 Å². The zero-order chi connectivity index (χ0) is 15.0. The van der Waals surface area contributed by atoms with Crippen molar-refractivity contribution in [1.82, 2.24) is 5.32 Å². The Labute approximate surface area is 123 Å². The molecule has 0 saturated heterocycles. The summed E-state index contributed by atoms with van der Waals surface area (Å²) in [7, 11) is 5.47. The van der Waals surface area contributed by atoms with Crippen LogP contribution in [0.3, 0.4) is 0 Å². The molecule has 0 spiro atoms. The molecule has 0 amide bonds. The third-order valence-corrected chi connectivity index (χ3v) is 3.62. The highest BCUT2D eigenvalue weighted by atomic mass is 16.5. The predicted molar refractivity (Wildman–Crippen MR) is 84.5 cm³/mol. The summed E-state index contributed by atoms with van der Waals surface area (Å²) >= 11 is 0. The van der Waals surface area contributed by atoms with Crippen molar-refractivity contribution in [2.75, 3.05) is 45.9 Å². The fourth-order valence-corrected chi connectivity index (χ4v) is 2.37. The van der Waals surface area contributed by atoms with Crippen LogP contribution in [0.2, 0.25) is 0 Å². The maximum Gasteiger partial charge on any atom is 0.0663 e. The Kier molecular flexibility index (Phi) is 7.59. The molecule has 0 bridgehead atoms. The number of para-hydroxylation sites is 1. The van der Waals surface area contributed by atoms with Gasteiger partial charge in [0.25, 0.3) is 0 Å². The van der Waals surface area contributed by atoms with Gasteiger partial charge in [0.05, 0.1) is 13.2 Å². The van der Waals surface area contributed by atoms with Gasteiger partial charge < -0.3 is 19.7 Å². The third-order valence-electron chi connectivity index (χ3n) is 3.62. The maximum absolute atomic E-state index is 5.31. The summed E-state index contributed by atoms with van der Waals surface area (Å²) in [6, 6.07) is 9.13. The van der Waals surface area contributed by atoms with E-state index in [0.29, 0.717) is 25.3 Å². The summed E-state index contributed by atoms with van der Waals surface area (Å²) in [6.07, 6.45) is 0.